The van der Waals surface area contributed by atoms with Crippen molar-refractivity contribution in [2.45, 2.75) is 57.0 Å². The number of ether oxygens (including phenoxy) is 1. The Morgan fingerprint density at radius 2 is 1.93 bits per heavy atom. The van der Waals surface area contributed by atoms with Gasteiger partial charge in [-0.3, -0.25) is 10.2 Å². The van der Waals surface area contributed by atoms with Gasteiger partial charge in [-0.2, -0.15) is 11.8 Å². The Balaban J connectivity index is 1.47. The summed E-state index contributed by atoms with van der Waals surface area (Å²) >= 11 is 1.84. The standard InChI is InChI=1S/C20H27F2N3O3S/c1-2-3-18(26)23-8-15-9-24(20(27)28-15)14-6-16(21)19(17(22)7-14)25-12-4-5-13(25)11-29-10-12/h6-7,12-13,15,18,23,26H,2-5,8-11H2,1H3/t12?,13?,15-,18?/m0/s1. The number of aliphatic hydroxyl groups excluding tert-OH is 1. The minimum atomic E-state index is -0.667. The van der Waals surface area contributed by atoms with E-state index in [4.69, 9.17) is 4.74 Å². The van der Waals surface area contributed by atoms with Crippen molar-refractivity contribution in [3.63, 3.8) is 0 Å². The number of benzene rings is 1. The summed E-state index contributed by atoms with van der Waals surface area (Å²) in [5.41, 5.74) is 0.180. The smallest absolute Gasteiger partial charge is 0.414 e. The zero-order chi connectivity index (χ0) is 20.5. The van der Waals surface area contributed by atoms with E-state index in [0.717, 1.165) is 30.8 Å². The summed E-state index contributed by atoms with van der Waals surface area (Å²) in [7, 11) is 0. The normalized spacial score (nSPS) is 27.4. The quantitative estimate of drug-likeness (QED) is 0.652. The average molecular weight is 428 g/mol. The zero-order valence-corrected chi connectivity index (χ0v) is 17.3. The van der Waals surface area contributed by atoms with Gasteiger partial charge in [0.1, 0.15) is 18.0 Å². The Morgan fingerprint density at radius 3 is 2.55 bits per heavy atom. The summed E-state index contributed by atoms with van der Waals surface area (Å²) < 4.78 is 35.2. The molecular weight excluding hydrogens is 400 g/mol. The molecule has 9 heteroatoms. The van der Waals surface area contributed by atoms with Crippen LogP contribution < -0.4 is 15.1 Å². The lowest BCUT2D eigenvalue weighted by Gasteiger charge is -2.37. The molecule has 3 unspecified atom stereocenters. The van der Waals surface area contributed by atoms with E-state index in [1.165, 1.54) is 17.0 Å². The SMILES string of the molecule is CCCC(O)NC[C@H]1CN(c2cc(F)c(N3C4CCC3CSC4)c(F)c2)C(=O)O1. The second-order valence-electron chi connectivity index (χ2n) is 7.92. The van der Waals surface area contributed by atoms with E-state index in [9.17, 15) is 18.7 Å². The molecule has 0 radical (unpaired) electrons. The summed E-state index contributed by atoms with van der Waals surface area (Å²) in [6.07, 6.45) is 1.54. The lowest BCUT2D eigenvalue weighted by molar-refractivity contribution is 0.0956. The van der Waals surface area contributed by atoms with Crippen LogP contribution in [0.15, 0.2) is 12.1 Å². The Bertz CT molecular complexity index is 729. The van der Waals surface area contributed by atoms with Crippen LogP contribution in [0.4, 0.5) is 25.0 Å². The van der Waals surface area contributed by atoms with E-state index in [1.54, 1.807) is 0 Å². The molecule has 2 bridgehead atoms. The molecule has 3 aliphatic heterocycles. The molecule has 3 aliphatic rings. The molecule has 0 spiro atoms. The van der Waals surface area contributed by atoms with Gasteiger partial charge >= 0.3 is 6.09 Å². The second kappa shape index (κ2) is 8.65. The van der Waals surface area contributed by atoms with Crippen LogP contribution in [0.1, 0.15) is 32.6 Å². The van der Waals surface area contributed by atoms with Crippen LogP contribution in [0.2, 0.25) is 0 Å². The third-order valence-corrected chi connectivity index (χ3v) is 7.07. The lowest BCUT2D eigenvalue weighted by atomic mass is 10.1. The highest BCUT2D eigenvalue weighted by Crippen LogP contribution is 2.41. The number of anilines is 2. The Labute approximate surface area is 173 Å². The van der Waals surface area contributed by atoms with Crippen molar-refractivity contribution in [2.75, 3.05) is 34.4 Å². The third-order valence-electron chi connectivity index (χ3n) is 5.83. The molecule has 4 atom stereocenters. The number of thioether (sulfide) groups is 1. The first-order chi connectivity index (χ1) is 14.0. The number of rotatable bonds is 7. The van der Waals surface area contributed by atoms with E-state index in [1.807, 2.05) is 23.6 Å². The number of hydrogen-bond acceptors (Lipinski definition) is 6. The van der Waals surface area contributed by atoms with Crippen LogP contribution in [0.3, 0.4) is 0 Å². The van der Waals surface area contributed by atoms with E-state index >= 15 is 0 Å². The molecular formula is C20H27F2N3O3S. The second-order valence-corrected chi connectivity index (χ2v) is 8.99. The number of aliphatic hydroxyl groups is 1. The molecule has 1 amide bonds. The fraction of sp³-hybridized carbons (Fsp3) is 0.650. The van der Waals surface area contributed by atoms with Gasteiger partial charge in [0.05, 0.1) is 12.2 Å². The van der Waals surface area contributed by atoms with Crippen molar-refractivity contribution >= 4 is 29.2 Å². The fourth-order valence-electron chi connectivity index (χ4n) is 4.43. The minimum absolute atomic E-state index is 0.0232. The Kier molecular flexibility index (Phi) is 6.17. The predicted octanol–water partition coefficient (Wildman–Crippen LogP) is 3.08. The molecule has 3 heterocycles. The Hall–Kier alpha value is -1.58. The number of carbonyl (C=O) groups is 1. The molecule has 0 aliphatic carbocycles. The van der Waals surface area contributed by atoms with Crippen molar-refractivity contribution in [3.05, 3.63) is 23.8 Å². The summed E-state index contributed by atoms with van der Waals surface area (Å²) in [6.45, 7) is 2.42. The van der Waals surface area contributed by atoms with Crippen LogP contribution >= 0.6 is 11.8 Å². The summed E-state index contributed by atoms with van der Waals surface area (Å²) in [5.74, 6) is 0.482. The van der Waals surface area contributed by atoms with Crippen LogP contribution in [0.25, 0.3) is 0 Å². The van der Waals surface area contributed by atoms with Gasteiger partial charge in [0.25, 0.3) is 0 Å². The third kappa shape index (κ3) is 4.18. The number of halogens is 2. The molecule has 1 aromatic carbocycles. The highest BCUT2D eigenvalue weighted by atomic mass is 32.2. The monoisotopic (exact) mass is 427 g/mol. The zero-order valence-electron chi connectivity index (χ0n) is 16.4. The van der Waals surface area contributed by atoms with Gasteiger partial charge in [0.15, 0.2) is 11.6 Å². The van der Waals surface area contributed by atoms with E-state index in [-0.39, 0.29) is 36.5 Å². The number of fused-ring (bicyclic) bond motifs is 2. The highest BCUT2D eigenvalue weighted by molar-refractivity contribution is 7.99. The van der Waals surface area contributed by atoms with Crippen molar-refractivity contribution in [2.24, 2.45) is 0 Å². The molecule has 2 N–H and O–H groups in total. The maximum absolute atomic E-state index is 15.0. The molecule has 6 nitrogen and oxygen atoms in total. The first-order valence-corrected chi connectivity index (χ1v) is 11.4. The van der Waals surface area contributed by atoms with E-state index < -0.39 is 30.1 Å². The number of hydrogen-bond donors (Lipinski definition) is 2. The number of cyclic esters (lactones) is 1. The van der Waals surface area contributed by atoms with Crippen molar-refractivity contribution < 1.29 is 23.4 Å². The van der Waals surface area contributed by atoms with Crippen molar-refractivity contribution in [3.8, 4) is 0 Å². The molecule has 0 aromatic heterocycles. The number of carbonyl (C=O) groups excluding carboxylic acids is 1. The summed E-state index contributed by atoms with van der Waals surface area (Å²) in [6, 6.07) is 2.77. The van der Waals surface area contributed by atoms with E-state index in [0.29, 0.717) is 6.42 Å². The van der Waals surface area contributed by atoms with Gasteiger partial charge in [-0.05, 0) is 19.3 Å². The van der Waals surface area contributed by atoms with Gasteiger partial charge in [-0.1, -0.05) is 13.3 Å². The van der Waals surface area contributed by atoms with Gasteiger partial charge in [0, 0.05) is 42.3 Å². The first-order valence-electron chi connectivity index (χ1n) is 10.2. The summed E-state index contributed by atoms with van der Waals surface area (Å²) in [4.78, 5) is 15.4. The largest absolute Gasteiger partial charge is 0.443 e. The predicted molar refractivity (Wildman–Crippen MR) is 110 cm³/mol. The van der Waals surface area contributed by atoms with Crippen LogP contribution in [-0.4, -0.2) is 60.2 Å². The molecule has 0 saturated carbocycles. The molecule has 160 valence electrons. The number of amides is 1. The molecule has 29 heavy (non-hydrogen) atoms. The van der Waals surface area contributed by atoms with Crippen molar-refractivity contribution in [1.29, 1.82) is 0 Å². The van der Waals surface area contributed by atoms with Gasteiger partial charge in [-0.25, -0.2) is 13.6 Å². The number of nitrogens with one attached hydrogen (secondary N) is 1. The van der Waals surface area contributed by atoms with Crippen LogP contribution in [0.5, 0.6) is 0 Å². The van der Waals surface area contributed by atoms with Gasteiger partial charge < -0.3 is 14.7 Å². The topological polar surface area (TPSA) is 65.0 Å². The lowest BCUT2D eigenvalue weighted by Crippen LogP contribution is -2.43. The minimum Gasteiger partial charge on any atom is -0.443 e. The Morgan fingerprint density at radius 1 is 1.28 bits per heavy atom. The summed E-state index contributed by atoms with van der Waals surface area (Å²) in [5, 5.41) is 12.7. The highest BCUT2D eigenvalue weighted by Gasteiger charge is 2.40. The van der Waals surface area contributed by atoms with E-state index in [2.05, 4.69) is 5.32 Å². The van der Waals surface area contributed by atoms with Gasteiger partial charge in [0.2, 0.25) is 0 Å². The molecule has 3 fully saturated rings. The average Bonchev–Trinajstić information content (AvgIpc) is 3.15. The van der Waals surface area contributed by atoms with Crippen LogP contribution in [-0.2, 0) is 4.74 Å². The first kappa shape index (κ1) is 20.7. The fourth-order valence-corrected chi connectivity index (χ4v) is 5.76. The van der Waals surface area contributed by atoms with Crippen LogP contribution in [0, 0.1) is 11.6 Å². The molecule has 1 aromatic rings. The molecule has 3 saturated heterocycles. The molecule has 4 rings (SSSR count). The van der Waals surface area contributed by atoms with Crippen molar-refractivity contribution in [1.82, 2.24) is 5.32 Å². The maximum atomic E-state index is 15.0. The maximum Gasteiger partial charge on any atom is 0.414 e. The number of nitrogens with zero attached hydrogens (tertiary/aromatic N) is 2. The van der Waals surface area contributed by atoms with Gasteiger partial charge in [-0.15, -0.1) is 0 Å².